The van der Waals surface area contributed by atoms with Gasteiger partial charge in [0.15, 0.2) is 0 Å². The fourth-order valence-corrected chi connectivity index (χ4v) is 3.29. The van der Waals surface area contributed by atoms with E-state index in [4.69, 9.17) is 0 Å². The van der Waals surface area contributed by atoms with Crippen molar-refractivity contribution in [3.63, 3.8) is 0 Å². The summed E-state index contributed by atoms with van der Waals surface area (Å²) in [6.45, 7) is 10.1. The monoisotopic (exact) mass is 276 g/mol. The van der Waals surface area contributed by atoms with Gasteiger partial charge in [-0.25, -0.2) is 0 Å². The third kappa shape index (κ3) is 2.93. The second-order valence-electron chi connectivity index (χ2n) is 6.46. The summed E-state index contributed by atoms with van der Waals surface area (Å²) in [7, 11) is 1.91. The van der Waals surface area contributed by atoms with Gasteiger partial charge in [0.2, 0.25) is 0 Å². The van der Waals surface area contributed by atoms with Crippen LogP contribution in [0.2, 0.25) is 0 Å². The Kier molecular flexibility index (Phi) is 4.59. The van der Waals surface area contributed by atoms with E-state index in [0.29, 0.717) is 23.6 Å². The molecule has 20 heavy (non-hydrogen) atoms. The van der Waals surface area contributed by atoms with Gasteiger partial charge in [-0.1, -0.05) is 19.9 Å². The first kappa shape index (κ1) is 15.2. The lowest BCUT2D eigenvalue weighted by Crippen LogP contribution is -2.45. The van der Waals surface area contributed by atoms with E-state index in [-0.39, 0.29) is 6.04 Å². The number of phenols is 1. The maximum absolute atomic E-state index is 10.3. The van der Waals surface area contributed by atoms with Crippen molar-refractivity contribution in [3.8, 4) is 5.75 Å². The second-order valence-corrected chi connectivity index (χ2v) is 6.46. The van der Waals surface area contributed by atoms with Crippen LogP contribution in [0, 0.1) is 11.8 Å². The molecule has 1 fully saturated rings. The Morgan fingerprint density at radius 3 is 2.60 bits per heavy atom. The van der Waals surface area contributed by atoms with Crippen molar-refractivity contribution in [1.82, 2.24) is 5.32 Å². The topological polar surface area (TPSA) is 35.5 Å². The highest BCUT2D eigenvalue weighted by Crippen LogP contribution is 2.35. The molecule has 1 heterocycles. The van der Waals surface area contributed by atoms with Gasteiger partial charge in [0.25, 0.3) is 0 Å². The van der Waals surface area contributed by atoms with Gasteiger partial charge < -0.3 is 15.3 Å². The summed E-state index contributed by atoms with van der Waals surface area (Å²) in [5.74, 6) is 1.79. The summed E-state index contributed by atoms with van der Waals surface area (Å²) in [6.07, 6.45) is 1.29. The van der Waals surface area contributed by atoms with Crippen molar-refractivity contribution in [2.45, 2.75) is 46.2 Å². The lowest BCUT2D eigenvalue weighted by molar-refractivity contribution is 0.297. The fourth-order valence-electron chi connectivity index (χ4n) is 3.29. The minimum Gasteiger partial charge on any atom is -0.508 e. The molecule has 0 radical (unpaired) electrons. The molecule has 2 rings (SSSR count). The molecule has 0 amide bonds. The zero-order valence-corrected chi connectivity index (χ0v) is 13.4. The Morgan fingerprint density at radius 1 is 1.30 bits per heavy atom. The number of phenolic OH excluding ortho intramolecular Hbond substituents is 1. The van der Waals surface area contributed by atoms with Crippen LogP contribution in [0.4, 0.5) is 5.69 Å². The first-order valence-electron chi connectivity index (χ1n) is 7.70. The molecule has 0 aromatic heterocycles. The molecule has 1 aromatic rings. The van der Waals surface area contributed by atoms with Crippen LogP contribution in [0.25, 0.3) is 0 Å². The van der Waals surface area contributed by atoms with Crippen LogP contribution in [0.3, 0.4) is 0 Å². The molecule has 1 saturated heterocycles. The van der Waals surface area contributed by atoms with Crippen LogP contribution in [-0.4, -0.2) is 24.7 Å². The Labute approximate surface area is 123 Å². The molecule has 1 aromatic carbocycles. The zero-order chi connectivity index (χ0) is 14.9. The molecule has 1 aliphatic heterocycles. The number of rotatable bonds is 3. The highest BCUT2D eigenvalue weighted by Gasteiger charge is 2.29. The second kappa shape index (κ2) is 6.04. The van der Waals surface area contributed by atoms with E-state index in [1.165, 1.54) is 6.42 Å². The van der Waals surface area contributed by atoms with Crippen molar-refractivity contribution in [3.05, 3.63) is 23.8 Å². The Bertz CT molecular complexity index is 460. The quantitative estimate of drug-likeness (QED) is 0.886. The summed E-state index contributed by atoms with van der Waals surface area (Å²) in [4.78, 5) is 2.44. The molecule has 112 valence electrons. The average molecular weight is 276 g/mol. The summed E-state index contributed by atoms with van der Waals surface area (Å²) >= 11 is 0. The van der Waals surface area contributed by atoms with Gasteiger partial charge in [0.05, 0.1) is 0 Å². The predicted octanol–water partition coefficient (Wildman–Crippen LogP) is 3.54. The number of nitrogens with one attached hydrogen (secondary N) is 1. The lowest BCUT2D eigenvalue weighted by atomic mass is 9.85. The fraction of sp³-hybridized carbons (Fsp3) is 0.647. The average Bonchev–Trinajstić information content (AvgIpc) is 2.41. The molecular weight excluding hydrogens is 248 g/mol. The first-order valence-corrected chi connectivity index (χ1v) is 7.70. The highest BCUT2D eigenvalue weighted by molar-refractivity contribution is 5.55. The van der Waals surface area contributed by atoms with Gasteiger partial charge in [-0.2, -0.15) is 0 Å². The molecule has 0 saturated carbocycles. The molecule has 1 aliphatic rings. The van der Waals surface area contributed by atoms with E-state index in [0.717, 1.165) is 17.8 Å². The van der Waals surface area contributed by atoms with Gasteiger partial charge in [0.1, 0.15) is 5.75 Å². The summed E-state index contributed by atoms with van der Waals surface area (Å²) < 4.78 is 0. The molecule has 0 spiro atoms. The van der Waals surface area contributed by atoms with Crippen molar-refractivity contribution < 1.29 is 5.11 Å². The van der Waals surface area contributed by atoms with Crippen LogP contribution >= 0.6 is 0 Å². The van der Waals surface area contributed by atoms with E-state index in [2.05, 4.69) is 44.0 Å². The summed E-state index contributed by atoms with van der Waals surface area (Å²) in [6, 6.07) is 6.80. The number of aromatic hydroxyl groups is 1. The molecule has 4 unspecified atom stereocenters. The number of nitrogens with zero attached hydrogens (tertiary/aromatic N) is 1. The maximum Gasteiger partial charge on any atom is 0.122 e. The highest BCUT2D eigenvalue weighted by atomic mass is 16.3. The molecule has 0 bridgehead atoms. The normalized spacial score (nSPS) is 28.4. The van der Waals surface area contributed by atoms with Crippen LogP contribution in [0.15, 0.2) is 18.2 Å². The van der Waals surface area contributed by atoms with Crippen molar-refractivity contribution in [2.24, 2.45) is 11.8 Å². The van der Waals surface area contributed by atoms with Crippen LogP contribution in [0.1, 0.15) is 45.7 Å². The van der Waals surface area contributed by atoms with Gasteiger partial charge in [-0.15, -0.1) is 0 Å². The first-order chi connectivity index (χ1) is 9.43. The summed E-state index contributed by atoms with van der Waals surface area (Å²) in [5.41, 5.74) is 2.10. The van der Waals surface area contributed by atoms with Crippen LogP contribution < -0.4 is 10.2 Å². The van der Waals surface area contributed by atoms with E-state index in [9.17, 15) is 5.11 Å². The van der Waals surface area contributed by atoms with Crippen molar-refractivity contribution in [1.29, 1.82) is 0 Å². The molecule has 3 heteroatoms. The number of piperidine rings is 1. The molecule has 3 nitrogen and oxygen atoms in total. The standard InChI is InChI=1S/C17H28N2O/c1-11-8-12(2)14(4)19(10-11)15-6-7-16(13(3)18-5)17(20)9-15/h6-7,9,11-14,18,20H,8,10H2,1-5H3. The van der Waals surface area contributed by atoms with Crippen LogP contribution in [0.5, 0.6) is 5.75 Å². The van der Waals surface area contributed by atoms with Gasteiger partial charge in [-0.05, 0) is 45.2 Å². The van der Waals surface area contributed by atoms with Crippen molar-refractivity contribution in [2.75, 3.05) is 18.5 Å². The minimum atomic E-state index is 0.167. The number of benzene rings is 1. The van der Waals surface area contributed by atoms with Gasteiger partial charge in [-0.3, -0.25) is 0 Å². The molecular formula is C17H28N2O. The van der Waals surface area contributed by atoms with Crippen LogP contribution in [-0.2, 0) is 0 Å². The largest absolute Gasteiger partial charge is 0.508 e. The van der Waals surface area contributed by atoms with E-state index in [1.807, 2.05) is 19.2 Å². The summed E-state index contributed by atoms with van der Waals surface area (Å²) in [5, 5.41) is 13.4. The minimum absolute atomic E-state index is 0.167. The molecule has 2 N–H and O–H groups in total. The Hall–Kier alpha value is -1.22. The number of hydrogen-bond donors (Lipinski definition) is 2. The maximum atomic E-state index is 10.3. The van der Waals surface area contributed by atoms with E-state index in [1.54, 1.807) is 0 Å². The lowest BCUT2D eigenvalue weighted by Gasteiger charge is -2.42. The van der Waals surface area contributed by atoms with E-state index < -0.39 is 0 Å². The zero-order valence-electron chi connectivity index (χ0n) is 13.4. The predicted molar refractivity (Wildman–Crippen MR) is 85.3 cm³/mol. The number of hydrogen-bond acceptors (Lipinski definition) is 3. The Morgan fingerprint density at radius 2 is 2.00 bits per heavy atom. The van der Waals surface area contributed by atoms with Gasteiger partial charge >= 0.3 is 0 Å². The van der Waals surface area contributed by atoms with Crippen molar-refractivity contribution >= 4 is 5.69 Å². The third-order valence-electron chi connectivity index (χ3n) is 4.84. The van der Waals surface area contributed by atoms with E-state index >= 15 is 0 Å². The van der Waals surface area contributed by atoms with Gasteiger partial charge in [0, 0.05) is 35.9 Å². The smallest absolute Gasteiger partial charge is 0.122 e. The Balaban J connectivity index is 2.26. The molecule has 4 atom stereocenters. The molecule has 0 aliphatic carbocycles. The SMILES string of the molecule is CNC(C)c1ccc(N2CC(C)CC(C)C2C)cc1O. The third-order valence-corrected chi connectivity index (χ3v) is 4.84. The number of anilines is 1.